The SMILES string of the molecule is CC(C)(C)OC(=O)CCl.CC(C)(C)OC(=O)COC12CC3CC(C1)C(=O)C(C3)C2.O=C1C2CC3CC1CC(O)(C3)C2. The summed E-state index contributed by atoms with van der Waals surface area (Å²) in [4.78, 5) is 46.0. The molecule has 0 saturated heterocycles. The number of ketones is 2. The molecule has 8 fully saturated rings. The van der Waals surface area contributed by atoms with Gasteiger partial charge >= 0.3 is 11.9 Å². The highest BCUT2D eigenvalue weighted by atomic mass is 35.5. The van der Waals surface area contributed by atoms with E-state index in [0.29, 0.717) is 23.4 Å². The first kappa shape index (κ1) is 32.4. The van der Waals surface area contributed by atoms with Crippen molar-refractivity contribution in [2.75, 3.05) is 12.5 Å². The lowest BCUT2D eigenvalue weighted by molar-refractivity contribution is -0.189. The summed E-state index contributed by atoms with van der Waals surface area (Å²) >= 11 is 5.18. The average molecular weight is 597 g/mol. The second-order valence-corrected chi connectivity index (χ2v) is 15.8. The Labute approximate surface area is 249 Å². The van der Waals surface area contributed by atoms with Crippen molar-refractivity contribution in [1.82, 2.24) is 0 Å². The number of aliphatic hydroxyl groups is 1. The van der Waals surface area contributed by atoms with Crippen molar-refractivity contribution in [3.05, 3.63) is 0 Å². The Bertz CT molecular complexity index is 988. The number of rotatable bonds is 4. The highest BCUT2D eigenvalue weighted by Crippen LogP contribution is 2.56. The number of esters is 2. The van der Waals surface area contributed by atoms with Crippen LogP contribution >= 0.6 is 11.6 Å². The van der Waals surface area contributed by atoms with Gasteiger partial charge in [0.25, 0.3) is 0 Å². The normalized spacial score (nSPS) is 38.0. The molecule has 0 aromatic rings. The number of hydrogen-bond donors (Lipinski definition) is 1. The average Bonchev–Trinajstić information content (AvgIpc) is 2.82. The van der Waals surface area contributed by atoms with Gasteiger partial charge in [0.2, 0.25) is 0 Å². The topological polar surface area (TPSA) is 116 Å². The van der Waals surface area contributed by atoms with Gasteiger partial charge in [-0.25, -0.2) is 4.79 Å². The fourth-order valence-electron chi connectivity index (χ4n) is 8.51. The number of alkyl halides is 1. The van der Waals surface area contributed by atoms with Crippen LogP contribution in [0.5, 0.6) is 0 Å². The Kier molecular flexibility index (Phi) is 9.39. The minimum atomic E-state index is -0.474. The van der Waals surface area contributed by atoms with E-state index in [4.69, 9.17) is 25.8 Å². The van der Waals surface area contributed by atoms with E-state index in [1.165, 1.54) is 0 Å². The summed E-state index contributed by atoms with van der Waals surface area (Å²) in [6.45, 7) is 11.0. The molecule has 8 aliphatic carbocycles. The molecule has 0 aromatic heterocycles. The summed E-state index contributed by atoms with van der Waals surface area (Å²) in [6, 6.07) is 0. The van der Waals surface area contributed by atoms with Crippen molar-refractivity contribution in [1.29, 1.82) is 0 Å². The lowest BCUT2D eigenvalue weighted by Crippen LogP contribution is -2.56. The Morgan fingerprint density at radius 2 is 1.15 bits per heavy atom. The van der Waals surface area contributed by atoms with Crippen molar-refractivity contribution in [3.8, 4) is 0 Å². The molecule has 8 rings (SSSR count). The molecule has 4 unspecified atom stereocenters. The smallest absolute Gasteiger partial charge is 0.332 e. The van der Waals surface area contributed by atoms with Gasteiger partial charge in [-0.1, -0.05) is 0 Å². The Morgan fingerprint density at radius 3 is 1.54 bits per heavy atom. The number of ether oxygens (including phenoxy) is 3. The van der Waals surface area contributed by atoms with Gasteiger partial charge in [-0.05, 0) is 118 Å². The zero-order valence-electron chi connectivity index (χ0n) is 25.6. The molecule has 0 amide bonds. The van der Waals surface area contributed by atoms with Crippen LogP contribution in [0.15, 0.2) is 0 Å². The molecule has 4 atom stereocenters. The van der Waals surface area contributed by atoms with E-state index in [0.717, 1.165) is 64.2 Å². The lowest BCUT2D eigenvalue weighted by Gasteiger charge is -2.55. The first-order valence-corrected chi connectivity index (χ1v) is 15.8. The number of halogens is 1. The Balaban J connectivity index is 0.000000157. The molecule has 8 nitrogen and oxygen atoms in total. The molecule has 1 N–H and O–H groups in total. The van der Waals surface area contributed by atoms with Gasteiger partial charge < -0.3 is 19.3 Å². The van der Waals surface area contributed by atoms with Gasteiger partial charge in [-0.3, -0.25) is 14.4 Å². The summed E-state index contributed by atoms with van der Waals surface area (Å²) in [5.74, 6) is 2.23. The highest BCUT2D eigenvalue weighted by molar-refractivity contribution is 6.26. The molecule has 232 valence electrons. The van der Waals surface area contributed by atoms with Crippen LogP contribution in [-0.2, 0) is 33.4 Å². The largest absolute Gasteiger partial charge is 0.459 e. The van der Waals surface area contributed by atoms with Crippen LogP contribution in [0.1, 0.15) is 106 Å². The van der Waals surface area contributed by atoms with Crippen LogP contribution in [0.3, 0.4) is 0 Å². The van der Waals surface area contributed by atoms with Gasteiger partial charge in [-0.2, -0.15) is 0 Å². The molecular weight excluding hydrogens is 548 g/mol. The third-order valence-electron chi connectivity index (χ3n) is 9.35. The van der Waals surface area contributed by atoms with Crippen LogP contribution in [0.25, 0.3) is 0 Å². The minimum Gasteiger partial charge on any atom is -0.459 e. The van der Waals surface area contributed by atoms with Gasteiger partial charge in [0.15, 0.2) is 0 Å². The number of carbonyl (C=O) groups excluding carboxylic acids is 4. The van der Waals surface area contributed by atoms with Crippen molar-refractivity contribution in [2.45, 2.75) is 128 Å². The molecule has 0 spiro atoms. The predicted molar refractivity (Wildman–Crippen MR) is 153 cm³/mol. The summed E-state index contributed by atoms with van der Waals surface area (Å²) in [5, 5.41) is 10.1. The van der Waals surface area contributed by atoms with Crippen LogP contribution < -0.4 is 0 Å². The second kappa shape index (κ2) is 11.9. The molecule has 9 heteroatoms. The molecule has 8 bridgehead atoms. The molecular formula is C32H49ClO8. The summed E-state index contributed by atoms with van der Waals surface area (Å²) in [6.07, 6.45) is 9.32. The standard InChI is InChI=1S/C16H24O4.C10H14O2.C6H11ClO2/c1-15(2,3)20-13(17)9-19-16-6-10-4-11(7-16)14(18)12(5-10)8-16;11-9-7-1-6-2-8(9)5-10(12,3-6)4-7;1-6(2,3)9-5(8)4-7/h10-12H,4-9H2,1-3H3;6-8,12H,1-5H2;4H2,1-3H3. The van der Waals surface area contributed by atoms with E-state index in [2.05, 4.69) is 0 Å². The van der Waals surface area contributed by atoms with E-state index < -0.39 is 16.8 Å². The van der Waals surface area contributed by atoms with Crippen LogP contribution in [0.4, 0.5) is 0 Å². The second-order valence-electron chi connectivity index (χ2n) is 15.5. The maximum absolute atomic E-state index is 12.1. The monoisotopic (exact) mass is 596 g/mol. The first-order chi connectivity index (χ1) is 18.9. The first-order valence-electron chi connectivity index (χ1n) is 15.3. The zero-order valence-corrected chi connectivity index (χ0v) is 26.4. The summed E-state index contributed by atoms with van der Waals surface area (Å²) in [7, 11) is 0. The van der Waals surface area contributed by atoms with E-state index in [1.54, 1.807) is 20.8 Å². The number of hydrogen-bond acceptors (Lipinski definition) is 8. The number of Topliss-reactive ketones (excluding diaryl/α,β-unsaturated/α-hetero) is 2. The highest BCUT2D eigenvalue weighted by Gasteiger charge is 2.56. The van der Waals surface area contributed by atoms with E-state index >= 15 is 0 Å². The third kappa shape index (κ3) is 8.32. The maximum atomic E-state index is 12.1. The summed E-state index contributed by atoms with van der Waals surface area (Å²) in [5.41, 5.74) is -1.56. The molecule has 0 heterocycles. The molecule has 8 saturated carbocycles. The fraction of sp³-hybridized carbons (Fsp3) is 0.875. The minimum absolute atomic E-state index is 0.0115. The fourth-order valence-corrected chi connectivity index (χ4v) is 8.56. The van der Waals surface area contributed by atoms with Crippen molar-refractivity contribution in [2.24, 2.45) is 35.5 Å². The quantitative estimate of drug-likeness (QED) is 0.348. The van der Waals surface area contributed by atoms with Gasteiger partial charge in [0.1, 0.15) is 35.3 Å². The van der Waals surface area contributed by atoms with E-state index in [1.807, 2.05) is 20.8 Å². The molecule has 0 aromatic carbocycles. The van der Waals surface area contributed by atoms with E-state index in [-0.39, 0.29) is 53.7 Å². The Hall–Kier alpha value is -1.51. The maximum Gasteiger partial charge on any atom is 0.332 e. The van der Waals surface area contributed by atoms with Gasteiger partial charge in [0, 0.05) is 23.7 Å². The molecule has 41 heavy (non-hydrogen) atoms. The number of carbonyl (C=O) groups is 4. The van der Waals surface area contributed by atoms with Crippen LogP contribution in [0, 0.1) is 35.5 Å². The van der Waals surface area contributed by atoms with Crippen molar-refractivity contribution < 1.29 is 38.5 Å². The molecule has 0 radical (unpaired) electrons. The Morgan fingerprint density at radius 1 is 0.732 bits per heavy atom. The molecule has 0 aliphatic heterocycles. The van der Waals surface area contributed by atoms with Gasteiger partial charge in [0.05, 0.1) is 11.2 Å². The van der Waals surface area contributed by atoms with E-state index in [9.17, 15) is 24.3 Å². The van der Waals surface area contributed by atoms with Crippen molar-refractivity contribution in [3.63, 3.8) is 0 Å². The van der Waals surface area contributed by atoms with Crippen molar-refractivity contribution >= 4 is 35.1 Å². The third-order valence-corrected chi connectivity index (χ3v) is 9.56. The van der Waals surface area contributed by atoms with Crippen LogP contribution in [-0.4, -0.2) is 63.5 Å². The van der Waals surface area contributed by atoms with Crippen LogP contribution in [0.2, 0.25) is 0 Å². The van der Waals surface area contributed by atoms with Gasteiger partial charge in [-0.15, -0.1) is 11.6 Å². The zero-order chi connectivity index (χ0) is 30.4. The lowest BCUT2D eigenvalue weighted by atomic mass is 9.53. The summed E-state index contributed by atoms with van der Waals surface area (Å²) < 4.78 is 16.1. The predicted octanol–water partition coefficient (Wildman–Crippen LogP) is 5.19. The molecule has 8 aliphatic rings.